The first-order valence-corrected chi connectivity index (χ1v) is 9.55. The van der Waals surface area contributed by atoms with Crippen LogP contribution in [0, 0.1) is 0 Å². The number of amides is 1. The second kappa shape index (κ2) is 9.00. The fraction of sp³-hybridized carbons (Fsp3) is 0.562. The zero-order valence-corrected chi connectivity index (χ0v) is 15.2. The number of sulfonamides is 1. The number of para-hydroxylation sites is 1. The predicted molar refractivity (Wildman–Crippen MR) is 94.1 cm³/mol. The van der Waals surface area contributed by atoms with E-state index in [2.05, 4.69) is 0 Å². The van der Waals surface area contributed by atoms with E-state index in [4.69, 9.17) is 0 Å². The number of hydrogen-bond acceptors (Lipinski definition) is 4. The lowest BCUT2D eigenvalue weighted by Gasteiger charge is -2.24. The maximum atomic E-state index is 12.4. The second-order valence-electron chi connectivity index (χ2n) is 5.69. The van der Waals surface area contributed by atoms with Gasteiger partial charge >= 0.3 is 0 Å². The molecule has 6 nitrogen and oxygen atoms in total. The van der Waals surface area contributed by atoms with Gasteiger partial charge in [0.25, 0.3) is 0 Å². The average molecular weight is 341 g/mol. The standard InChI is InChI=1S/C16H27N3O3S/c1-5-19(15-9-7-6-8-10-15)16(20)11-12-18(23(4,21)22)14-13-17(2)3/h6-10H,5,11-14H2,1-4H3. The Bertz CT molecular complexity index is 588. The molecule has 1 amide bonds. The van der Waals surface area contributed by atoms with E-state index in [-0.39, 0.29) is 18.9 Å². The van der Waals surface area contributed by atoms with Gasteiger partial charge in [0.1, 0.15) is 0 Å². The number of carbonyl (C=O) groups excluding carboxylic acids is 1. The molecule has 0 spiro atoms. The van der Waals surface area contributed by atoms with Crippen molar-refractivity contribution in [2.24, 2.45) is 0 Å². The summed E-state index contributed by atoms with van der Waals surface area (Å²) in [5, 5.41) is 0. The molecule has 0 fully saturated rings. The van der Waals surface area contributed by atoms with Crippen LogP contribution in [0.4, 0.5) is 5.69 Å². The van der Waals surface area contributed by atoms with E-state index in [0.29, 0.717) is 19.6 Å². The van der Waals surface area contributed by atoms with Crippen LogP contribution >= 0.6 is 0 Å². The minimum atomic E-state index is -3.32. The smallest absolute Gasteiger partial charge is 0.228 e. The maximum absolute atomic E-state index is 12.4. The quantitative estimate of drug-likeness (QED) is 0.678. The highest BCUT2D eigenvalue weighted by Crippen LogP contribution is 2.14. The van der Waals surface area contributed by atoms with Crippen LogP contribution in [0.15, 0.2) is 30.3 Å². The average Bonchev–Trinajstić information content (AvgIpc) is 2.47. The van der Waals surface area contributed by atoms with Crippen molar-refractivity contribution < 1.29 is 13.2 Å². The van der Waals surface area contributed by atoms with Gasteiger partial charge in [0.2, 0.25) is 15.9 Å². The number of likely N-dealkylation sites (N-methyl/N-ethyl adjacent to an activating group) is 1. The molecule has 0 heterocycles. The van der Waals surface area contributed by atoms with Crippen molar-refractivity contribution in [1.29, 1.82) is 0 Å². The third kappa shape index (κ3) is 6.68. The summed E-state index contributed by atoms with van der Waals surface area (Å²) in [6.45, 7) is 3.67. The summed E-state index contributed by atoms with van der Waals surface area (Å²) in [7, 11) is 0.460. The first-order valence-electron chi connectivity index (χ1n) is 7.71. The van der Waals surface area contributed by atoms with Crippen molar-refractivity contribution in [3.05, 3.63) is 30.3 Å². The summed E-state index contributed by atoms with van der Waals surface area (Å²) in [5.41, 5.74) is 0.833. The molecule has 0 bridgehead atoms. The fourth-order valence-electron chi connectivity index (χ4n) is 2.22. The molecule has 130 valence electrons. The molecule has 0 saturated carbocycles. The van der Waals surface area contributed by atoms with Crippen LogP contribution in [-0.2, 0) is 14.8 Å². The molecule has 0 saturated heterocycles. The predicted octanol–water partition coefficient (Wildman–Crippen LogP) is 1.25. The molecule has 0 aliphatic heterocycles. The van der Waals surface area contributed by atoms with Crippen LogP contribution in [0.2, 0.25) is 0 Å². The first-order chi connectivity index (χ1) is 10.8. The number of anilines is 1. The molecule has 0 aromatic heterocycles. The molecule has 0 atom stereocenters. The molecule has 1 aromatic carbocycles. The lowest BCUT2D eigenvalue weighted by Crippen LogP contribution is -2.39. The molecule has 1 aromatic rings. The van der Waals surface area contributed by atoms with Crippen LogP contribution in [0.25, 0.3) is 0 Å². The van der Waals surface area contributed by atoms with Crippen molar-refractivity contribution in [1.82, 2.24) is 9.21 Å². The van der Waals surface area contributed by atoms with E-state index < -0.39 is 10.0 Å². The minimum absolute atomic E-state index is 0.0720. The lowest BCUT2D eigenvalue weighted by atomic mass is 10.2. The Morgan fingerprint density at radius 2 is 1.65 bits per heavy atom. The van der Waals surface area contributed by atoms with Gasteiger partial charge in [-0.25, -0.2) is 12.7 Å². The largest absolute Gasteiger partial charge is 0.313 e. The zero-order valence-electron chi connectivity index (χ0n) is 14.4. The van der Waals surface area contributed by atoms with Gasteiger partial charge in [-0.15, -0.1) is 0 Å². The number of carbonyl (C=O) groups is 1. The molecule has 0 aliphatic rings. The third-order valence-electron chi connectivity index (χ3n) is 3.53. The van der Waals surface area contributed by atoms with Gasteiger partial charge in [-0.05, 0) is 33.2 Å². The minimum Gasteiger partial charge on any atom is -0.313 e. The summed E-state index contributed by atoms with van der Waals surface area (Å²) in [4.78, 5) is 16.0. The number of rotatable bonds is 9. The summed E-state index contributed by atoms with van der Waals surface area (Å²) in [5.74, 6) is -0.0720. The Hall–Kier alpha value is -1.44. The van der Waals surface area contributed by atoms with Crippen molar-refractivity contribution in [2.75, 3.05) is 51.4 Å². The normalized spacial score (nSPS) is 11.9. The molecule has 23 heavy (non-hydrogen) atoms. The highest BCUT2D eigenvalue weighted by atomic mass is 32.2. The molecule has 7 heteroatoms. The Morgan fingerprint density at radius 3 is 2.13 bits per heavy atom. The molecule has 0 aliphatic carbocycles. The highest BCUT2D eigenvalue weighted by molar-refractivity contribution is 7.88. The van der Waals surface area contributed by atoms with Crippen LogP contribution in [0.1, 0.15) is 13.3 Å². The number of nitrogens with zero attached hydrogens (tertiary/aromatic N) is 3. The van der Waals surface area contributed by atoms with E-state index >= 15 is 0 Å². The van der Waals surface area contributed by atoms with Gasteiger partial charge in [-0.2, -0.15) is 0 Å². The van der Waals surface area contributed by atoms with Crippen molar-refractivity contribution in [2.45, 2.75) is 13.3 Å². The van der Waals surface area contributed by atoms with Crippen LogP contribution < -0.4 is 4.90 Å². The third-order valence-corrected chi connectivity index (χ3v) is 4.83. The zero-order chi connectivity index (χ0) is 17.5. The van der Waals surface area contributed by atoms with E-state index in [1.54, 1.807) is 4.90 Å². The Labute approximate surface area is 139 Å². The molecular formula is C16H27N3O3S. The van der Waals surface area contributed by atoms with Gasteiger partial charge in [-0.1, -0.05) is 18.2 Å². The van der Waals surface area contributed by atoms with Crippen molar-refractivity contribution in [3.8, 4) is 0 Å². The Balaban J connectivity index is 2.70. The monoisotopic (exact) mass is 341 g/mol. The number of hydrogen-bond donors (Lipinski definition) is 0. The van der Waals surface area contributed by atoms with Gasteiger partial charge in [-0.3, -0.25) is 4.79 Å². The fourth-order valence-corrected chi connectivity index (χ4v) is 3.06. The summed E-state index contributed by atoms with van der Waals surface area (Å²) in [6.07, 6.45) is 1.35. The molecule has 1 rings (SSSR count). The number of benzene rings is 1. The van der Waals surface area contributed by atoms with Crippen LogP contribution in [0.5, 0.6) is 0 Å². The molecule has 0 radical (unpaired) electrons. The summed E-state index contributed by atoms with van der Waals surface area (Å²) in [6, 6.07) is 9.41. The maximum Gasteiger partial charge on any atom is 0.228 e. The Kier molecular flexibility index (Phi) is 7.67. The SMILES string of the molecule is CCN(C(=O)CCN(CCN(C)C)S(C)(=O)=O)c1ccccc1. The summed E-state index contributed by atoms with van der Waals surface area (Å²) >= 11 is 0. The highest BCUT2D eigenvalue weighted by Gasteiger charge is 2.20. The van der Waals surface area contributed by atoms with Gasteiger partial charge in [0.15, 0.2) is 0 Å². The van der Waals surface area contributed by atoms with Gasteiger partial charge in [0, 0.05) is 38.3 Å². The van der Waals surface area contributed by atoms with E-state index in [0.717, 1.165) is 5.69 Å². The molecule has 0 N–H and O–H groups in total. The van der Waals surface area contributed by atoms with E-state index in [1.165, 1.54) is 10.6 Å². The van der Waals surface area contributed by atoms with Crippen LogP contribution in [-0.4, -0.2) is 70.1 Å². The van der Waals surface area contributed by atoms with Gasteiger partial charge in [0.05, 0.1) is 6.26 Å². The molecule has 0 unspecified atom stereocenters. The summed E-state index contributed by atoms with van der Waals surface area (Å²) < 4.78 is 25.1. The first kappa shape index (κ1) is 19.6. The van der Waals surface area contributed by atoms with Crippen LogP contribution in [0.3, 0.4) is 0 Å². The van der Waals surface area contributed by atoms with Gasteiger partial charge < -0.3 is 9.80 Å². The van der Waals surface area contributed by atoms with Crippen molar-refractivity contribution in [3.63, 3.8) is 0 Å². The molecular weight excluding hydrogens is 314 g/mol. The Morgan fingerprint density at radius 1 is 1.04 bits per heavy atom. The lowest BCUT2D eigenvalue weighted by molar-refractivity contribution is -0.118. The van der Waals surface area contributed by atoms with E-state index in [9.17, 15) is 13.2 Å². The topological polar surface area (TPSA) is 60.9 Å². The second-order valence-corrected chi connectivity index (χ2v) is 7.67. The van der Waals surface area contributed by atoms with E-state index in [1.807, 2.05) is 56.3 Å². The van der Waals surface area contributed by atoms with Crippen molar-refractivity contribution >= 4 is 21.6 Å².